The van der Waals surface area contributed by atoms with E-state index in [1.165, 1.54) is 11.5 Å². The number of aromatic nitrogens is 5. The molecule has 0 amide bonds. The maximum Gasteiger partial charge on any atom is 0.202 e. The van der Waals surface area contributed by atoms with Crippen LogP contribution >= 0.6 is 11.5 Å². The van der Waals surface area contributed by atoms with Crippen molar-refractivity contribution in [1.29, 1.82) is 0 Å². The number of anilines is 1. The molecule has 1 aliphatic heterocycles. The fourth-order valence-corrected chi connectivity index (χ4v) is 3.15. The smallest absolute Gasteiger partial charge is 0.202 e. The van der Waals surface area contributed by atoms with Gasteiger partial charge in [-0.2, -0.15) is 9.47 Å². The standard InChI is InChI=1S/C13H20N6S/c1-8-14-10-6-5-9(7-19(10)17-8)15-12-16-11(18-20-12)13(2,3)4/h9H,5-7H2,1-4H3,(H,15,16,18). The Morgan fingerprint density at radius 3 is 2.80 bits per heavy atom. The van der Waals surface area contributed by atoms with Crippen molar-refractivity contribution in [1.82, 2.24) is 24.1 Å². The second kappa shape index (κ2) is 4.80. The van der Waals surface area contributed by atoms with Crippen LogP contribution in [0, 0.1) is 6.92 Å². The molecule has 108 valence electrons. The predicted molar refractivity (Wildman–Crippen MR) is 79.1 cm³/mol. The van der Waals surface area contributed by atoms with Crippen molar-refractivity contribution < 1.29 is 0 Å². The third kappa shape index (κ3) is 2.67. The minimum atomic E-state index is -0.000813. The lowest BCUT2D eigenvalue weighted by atomic mass is 9.96. The molecule has 0 bridgehead atoms. The Balaban J connectivity index is 1.69. The molecule has 0 fully saturated rings. The topological polar surface area (TPSA) is 68.5 Å². The van der Waals surface area contributed by atoms with Crippen LogP contribution in [-0.2, 0) is 18.4 Å². The molecule has 20 heavy (non-hydrogen) atoms. The number of nitrogens with zero attached hydrogens (tertiary/aromatic N) is 5. The number of hydrogen-bond acceptors (Lipinski definition) is 6. The third-order valence-electron chi connectivity index (χ3n) is 3.39. The second-order valence-electron chi connectivity index (χ2n) is 6.31. The fraction of sp³-hybridized carbons (Fsp3) is 0.692. The highest BCUT2D eigenvalue weighted by Crippen LogP contribution is 2.24. The van der Waals surface area contributed by atoms with E-state index < -0.39 is 0 Å². The van der Waals surface area contributed by atoms with Gasteiger partial charge in [0.1, 0.15) is 17.5 Å². The van der Waals surface area contributed by atoms with Crippen molar-refractivity contribution in [3.8, 4) is 0 Å². The van der Waals surface area contributed by atoms with Gasteiger partial charge in [0.2, 0.25) is 5.13 Å². The molecule has 7 heteroatoms. The first-order valence-corrected chi connectivity index (χ1v) is 7.70. The molecular weight excluding hydrogens is 272 g/mol. The molecule has 0 radical (unpaired) electrons. The summed E-state index contributed by atoms with van der Waals surface area (Å²) >= 11 is 1.44. The molecule has 1 N–H and O–H groups in total. The molecule has 3 heterocycles. The monoisotopic (exact) mass is 292 g/mol. The third-order valence-corrected chi connectivity index (χ3v) is 4.03. The van der Waals surface area contributed by atoms with Crippen LogP contribution in [0.2, 0.25) is 0 Å². The Morgan fingerprint density at radius 2 is 2.10 bits per heavy atom. The lowest BCUT2D eigenvalue weighted by molar-refractivity contribution is 0.440. The van der Waals surface area contributed by atoms with Crippen molar-refractivity contribution in [3.63, 3.8) is 0 Å². The molecular formula is C13H20N6S. The summed E-state index contributed by atoms with van der Waals surface area (Å²) in [4.78, 5) is 9.02. The van der Waals surface area contributed by atoms with Gasteiger partial charge in [-0.1, -0.05) is 20.8 Å². The summed E-state index contributed by atoms with van der Waals surface area (Å²) in [5, 5.41) is 8.80. The summed E-state index contributed by atoms with van der Waals surface area (Å²) in [5.41, 5.74) is -0.000813. The van der Waals surface area contributed by atoms with Gasteiger partial charge in [-0.05, 0) is 13.3 Å². The first kappa shape index (κ1) is 13.5. The van der Waals surface area contributed by atoms with E-state index in [9.17, 15) is 0 Å². The van der Waals surface area contributed by atoms with Crippen molar-refractivity contribution in [3.05, 3.63) is 17.5 Å². The Hall–Kier alpha value is -1.50. The minimum absolute atomic E-state index is 0.000813. The lowest BCUT2D eigenvalue weighted by Gasteiger charge is -2.23. The predicted octanol–water partition coefficient (Wildman–Crippen LogP) is 2.16. The van der Waals surface area contributed by atoms with Crippen molar-refractivity contribution >= 4 is 16.7 Å². The highest BCUT2D eigenvalue weighted by Gasteiger charge is 2.23. The molecule has 0 saturated heterocycles. The molecule has 1 atom stereocenters. The van der Waals surface area contributed by atoms with E-state index in [0.717, 1.165) is 42.0 Å². The Labute approximate surface area is 122 Å². The van der Waals surface area contributed by atoms with Crippen molar-refractivity contribution in [2.24, 2.45) is 0 Å². The Kier molecular flexibility index (Phi) is 3.24. The van der Waals surface area contributed by atoms with Gasteiger partial charge in [-0.25, -0.2) is 14.6 Å². The van der Waals surface area contributed by atoms with Crippen LogP contribution in [0.15, 0.2) is 0 Å². The quantitative estimate of drug-likeness (QED) is 0.918. The van der Waals surface area contributed by atoms with Gasteiger partial charge >= 0.3 is 0 Å². The summed E-state index contributed by atoms with van der Waals surface area (Å²) in [5.74, 6) is 2.85. The summed E-state index contributed by atoms with van der Waals surface area (Å²) in [6.07, 6.45) is 2.02. The summed E-state index contributed by atoms with van der Waals surface area (Å²) in [6.45, 7) is 9.17. The van der Waals surface area contributed by atoms with Crippen LogP contribution in [0.25, 0.3) is 0 Å². The molecule has 0 saturated carbocycles. The zero-order chi connectivity index (χ0) is 14.3. The average molecular weight is 292 g/mol. The molecule has 6 nitrogen and oxygen atoms in total. The first-order valence-electron chi connectivity index (χ1n) is 6.93. The maximum absolute atomic E-state index is 4.59. The lowest BCUT2D eigenvalue weighted by Crippen LogP contribution is -2.32. The van der Waals surface area contributed by atoms with E-state index in [1.807, 2.05) is 11.6 Å². The maximum atomic E-state index is 4.59. The molecule has 0 aromatic carbocycles. The van der Waals surface area contributed by atoms with Gasteiger partial charge in [-0.3, -0.25) is 0 Å². The Bertz CT molecular complexity index is 609. The fourth-order valence-electron chi connectivity index (χ4n) is 2.31. The van der Waals surface area contributed by atoms with E-state index in [0.29, 0.717) is 6.04 Å². The zero-order valence-corrected chi connectivity index (χ0v) is 13.2. The Morgan fingerprint density at radius 1 is 1.30 bits per heavy atom. The molecule has 0 spiro atoms. The van der Waals surface area contributed by atoms with E-state index in [1.54, 1.807) is 0 Å². The van der Waals surface area contributed by atoms with Crippen molar-refractivity contribution in [2.45, 2.75) is 58.5 Å². The largest absolute Gasteiger partial charge is 0.356 e. The molecule has 0 aliphatic carbocycles. The zero-order valence-electron chi connectivity index (χ0n) is 12.3. The highest BCUT2D eigenvalue weighted by atomic mass is 32.1. The van der Waals surface area contributed by atoms with Crippen molar-refractivity contribution in [2.75, 3.05) is 5.32 Å². The van der Waals surface area contributed by atoms with Gasteiger partial charge < -0.3 is 5.32 Å². The average Bonchev–Trinajstić information content (AvgIpc) is 2.93. The van der Waals surface area contributed by atoms with Crippen LogP contribution in [0.1, 0.15) is 44.7 Å². The number of fused-ring (bicyclic) bond motifs is 1. The number of rotatable bonds is 2. The van der Waals surface area contributed by atoms with Crippen LogP contribution in [0.3, 0.4) is 0 Å². The minimum Gasteiger partial charge on any atom is -0.356 e. The van der Waals surface area contributed by atoms with Crippen LogP contribution in [-0.4, -0.2) is 30.2 Å². The number of nitrogens with one attached hydrogen (secondary N) is 1. The van der Waals surface area contributed by atoms with Crippen LogP contribution in [0.5, 0.6) is 0 Å². The van der Waals surface area contributed by atoms with Gasteiger partial charge in [0, 0.05) is 29.4 Å². The van der Waals surface area contributed by atoms with E-state index >= 15 is 0 Å². The van der Waals surface area contributed by atoms with Gasteiger partial charge in [-0.15, -0.1) is 0 Å². The molecule has 1 unspecified atom stereocenters. The summed E-state index contributed by atoms with van der Waals surface area (Å²) in [7, 11) is 0. The first-order chi connectivity index (χ1) is 9.41. The summed E-state index contributed by atoms with van der Waals surface area (Å²) < 4.78 is 6.44. The molecule has 3 rings (SSSR count). The SMILES string of the molecule is Cc1nc2n(n1)CC(Nc1nc(C(C)(C)C)ns1)CC2. The highest BCUT2D eigenvalue weighted by molar-refractivity contribution is 7.09. The summed E-state index contributed by atoms with van der Waals surface area (Å²) in [6, 6.07) is 0.351. The molecule has 2 aromatic heterocycles. The van der Waals surface area contributed by atoms with Gasteiger partial charge in [0.05, 0.1) is 6.54 Å². The van der Waals surface area contributed by atoms with Crippen LogP contribution in [0.4, 0.5) is 5.13 Å². The van der Waals surface area contributed by atoms with E-state index in [2.05, 4.69) is 45.5 Å². The number of aryl methyl sites for hydroxylation is 2. The molecule has 2 aromatic rings. The molecule has 1 aliphatic rings. The number of hydrogen-bond donors (Lipinski definition) is 1. The van der Waals surface area contributed by atoms with Gasteiger partial charge in [0.15, 0.2) is 0 Å². The van der Waals surface area contributed by atoms with E-state index in [4.69, 9.17) is 0 Å². The van der Waals surface area contributed by atoms with Gasteiger partial charge in [0.25, 0.3) is 0 Å². The van der Waals surface area contributed by atoms with Crippen LogP contribution < -0.4 is 5.32 Å². The second-order valence-corrected chi connectivity index (χ2v) is 7.06. The normalized spacial score (nSPS) is 18.9. The van der Waals surface area contributed by atoms with E-state index in [-0.39, 0.29) is 5.41 Å².